The Kier molecular flexibility index (Phi) is 5.64. The fourth-order valence-electron chi connectivity index (χ4n) is 2.29. The van der Waals surface area contributed by atoms with Crippen LogP contribution in [-0.2, 0) is 6.42 Å². The van der Waals surface area contributed by atoms with Gasteiger partial charge in [-0.2, -0.15) is 5.10 Å². The van der Waals surface area contributed by atoms with Gasteiger partial charge in [-0.25, -0.2) is 5.10 Å². The van der Waals surface area contributed by atoms with E-state index in [0.717, 1.165) is 23.4 Å². The molecule has 0 aliphatic heterocycles. The summed E-state index contributed by atoms with van der Waals surface area (Å²) in [5.41, 5.74) is 3.26. The summed E-state index contributed by atoms with van der Waals surface area (Å²) in [6, 6.07) is 20.5. The lowest BCUT2D eigenvalue weighted by Gasteiger charge is -2.06. The Morgan fingerprint density at radius 3 is 2.44 bits per heavy atom. The van der Waals surface area contributed by atoms with E-state index in [1.807, 2.05) is 42.5 Å². The molecule has 3 aromatic rings. The van der Waals surface area contributed by atoms with Gasteiger partial charge in [0.05, 0.1) is 5.69 Å². The van der Waals surface area contributed by atoms with Crippen LogP contribution in [0, 0.1) is 0 Å². The van der Waals surface area contributed by atoms with E-state index >= 15 is 0 Å². The second-order valence-electron chi connectivity index (χ2n) is 5.38. The zero-order valence-electron chi connectivity index (χ0n) is 13.4. The first kappa shape index (κ1) is 17.0. The van der Waals surface area contributed by atoms with E-state index in [4.69, 9.17) is 0 Å². The van der Waals surface area contributed by atoms with Crippen molar-refractivity contribution in [2.24, 2.45) is 0 Å². The van der Waals surface area contributed by atoms with Crippen LogP contribution in [0.4, 0.5) is 10.5 Å². The minimum atomic E-state index is -0.236. The monoisotopic (exact) mass is 351 g/mol. The van der Waals surface area contributed by atoms with E-state index in [1.165, 1.54) is 23.4 Å². The summed E-state index contributed by atoms with van der Waals surface area (Å²) < 4.78 is 0. The van der Waals surface area contributed by atoms with Gasteiger partial charge >= 0.3 is 0 Å². The van der Waals surface area contributed by atoms with Crippen LogP contribution in [0.3, 0.4) is 0 Å². The summed E-state index contributed by atoms with van der Waals surface area (Å²) in [5, 5.41) is 9.17. The molecule has 0 bridgehead atoms. The van der Waals surface area contributed by atoms with Crippen molar-refractivity contribution in [2.45, 2.75) is 6.42 Å². The molecule has 1 heterocycles. The average molecular weight is 351 g/mol. The van der Waals surface area contributed by atoms with Gasteiger partial charge in [-0.15, -0.1) is 0 Å². The van der Waals surface area contributed by atoms with Crippen LogP contribution in [0.5, 0.6) is 0 Å². The number of amides is 1. The van der Waals surface area contributed by atoms with Crippen molar-refractivity contribution in [1.29, 1.82) is 0 Å². The molecule has 0 unspecified atom stereocenters. The van der Waals surface area contributed by atoms with E-state index in [9.17, 15) is 9.59 Å². The summed E-state index contributed by atoms with van der Waals surface area (Å²) >= 11 is 1.27. The lowest BCUT2D eigenvalue weighted by Crippen LogP contribution is -2.07. The number of H-pyrrole nitrogens is 1. The van der Waals surface area contributed by atoms with Gasteiger partial charge in [-0.1, -0.05) is 54.2 Å². The molecule has 0 aliphatic carbocycles. The zero-order chi connectivity index (χ0) is 17.5. The van der Waals surface area contributed by atoms with Gasteiger partial charge in [0.25, 0.3) is 10.8 Å². The number of aryl methyl sites for hydroxylation is 1. The van der Waals surface area contributed by atoms with Crippen LogP contribution < -0.4 is 10.9 Å². The molecule has 2 aromatic carbocycles. The molecule has 2 N–H and O–H groups in total. The van der Waals surface area contributed by atoms with Gasteiger partial charge in [0.1, 0.15) is 0 Å². The van der Waals surface area contributed by atoms with Crippen molar-refractivity contribution < 1.29 is 4.79 Å². The lowest BCUT2D eigenvalue weighted by atomic mass is 10.1. The first-order valence-electron chi connectivity index (χ1n) is 7.84. The summed E-state index contributed by atoms with van der Waals surface area (Å²) in [6.45, 7) is 0. The maximum atomic E-state index is 12.0. The van der Waals surface area contributed by atoms with Crippen LogP contribution in [0.15, 0.2) is 71.5 Å². The van der Waals surface area contributed by atoms with E-state index in [-0.39, 0.29) is 10.8 Å². The fourth-order valence-corrected chi connectivity index (χ4v) is 3.00. The third-order valence-electron chi connectivity index (χ3n) is 3.57. The number of hydrogen-bond donors (Lipinski definition) is 2. The molecule has 0 fully saturated rings. The Morgan fingerprint density at radius 1 is 1.00 bits per heavy atom. The zero-order valence-corrected chi connectivity index (χ0v) is 14.3. The number of nitrogens with one attached hydrogen (secondary N) is 2. The molecule has 0 saturated carbocycles. The molecule has 0 saturated heterocycles. The molecule has 5 nitrogen and oxygen atoms in total. The van der Waals surface area contributed by atoms with E-state index < -0.39 is 0 Å². The Hall–Kier alpha value is -2.86. The molecule has 0 aliphatic rings. The molecule has 0 atom stereocenters. The molecule has 126 valence electrons. The number of aromatic nitrogens is 2. The Bertz CT molecular complexity index is 872. The summed E-state index contributed by atoms with van der Waals surface area (Å²) in [7, 11) is 0. The van der Waals surface area contributed by atoms with Crippen molar-refractivity contribution in [3.05, 3.63) is 82.6 Å². The van der Waals surface area contributed by atoms with Gasteiger partial charge in [0.15, 0.2) is 0 Å². The minimum Gasteiger partial charge on any atom is -0.317 e. The Morgan fingerprint density at radius 2 is 1.76 bits per heavy atom. The number of thioether (sulfide) groups is 1. The Labute approximate surface area is 149 Å². The fraction of sp³-hybridized carbons (Fsp3) is 0.105. The minimum absolute atomic E-state index is 0.0779. The van der Waals surface area contributed by atoms with Crippen LogP contribution >= 0.6 is 11.8 Å². The molecule has 0 spiro atoms. The second-order valence-corrected chi connectivity index (χ2v) is 6.45. The maximum Gasteiger partial charge on any atom is 0.283 e. The highest BCUT2D eigenvalue weighted by Crippen LogP contribution is 2.19. The van der Waals surface area contributed by atoms with E-state index in [2.05, 4.69) is 27.6 Å². The van der Waals surface area contributed by atoms with Crippen LogP contribution in [0.1, 0.15) is 5.56 Å². The van der Waals surface area contributed by atoms with Crippen molar-refractivity contribution in [3.8, 4) is 11.3 Å². The van der Waals surface area contributed by atoms with Gasteiger partial charge < -0.3 is 5.32 Å². The average Bonchev–Trinajstić information content (AvgIpc) is 2.64. The highest BCUT2D eigenvalue weighted by Gasteiger charge is 2.05. The quantitative estimate of drug-likeness (QED) is 0.730. The van der Waals surface area contributed by atoms with E-state index in [0.29, 0.717) is 5.69 Å². The SMILES string of the molecule is O=C(Nc1ccc(-c2ccc(=O)[nH]n2)cc1)SCCc1ccccc1. The van der Waals surface area contributed by atoms with Crippen molar-refractivity contribution in [1.82, 2.24) is 10.2 Å². The predicted octanol–water partition coefficient (Wildman–Crippen LogP) is 3.94. The molecular weight excluding hydrogens is 334 g/mol. The maximum absolute atomic E-state index is 12.0. The normalized spacial score (nSPS) is 10.4. The third-order valence-corrected chi connectivity index (χ3v) is 4.35. The third kappa shape index (κ3) is 5.06. The second kappa shape index (κ2) is 8.30. The largest absolute Gasteiger partial charge is 0.317 e. The summed E-state index contributed by atoms with van der Waals surface area (Å²) in [5.74, 6) is 0.731. The molecule has 3 rings (SSSR count). The predicted molar refractivity (Wildman–Crippen MR) is 102 cm³/mol. The van der Waals surface area contributed by atoms with Crippen LogP contribution in [0.25, 0.3) is 11.3 Å². The number of rotatable bonds is 5. The smallest absolute Gasteiger partial charge is 0.283 e. The van der Waals surface area contributed by atoms with E-state index in [1.54, 1.807) is 6.07 Å². The molecule has 25 heavy (non-hydrogen) atoms. The lowest BCUT2D eigenvalue weighted by molar-refractivity contribution is 0.270. The molecular formula is C19H17N3O2S. The molecule has 1 aromatic heterocycles. The van der Waals surface area contributed by atoms with Crippen molar-refractivity contribution >= 4 is 22.7 Å². The van der Waals surface area contributed by atoms with Gasteiger partial charge in [-0.05, 0) is 30.2 Å². The standard InChI is InChI=1S/C19H17N3O2S/c23-18-11-10-17(21-22-18)15-6-8-16(9-7-15)20-19(24)25-13-12-14-4-2-1-3-5-14/h1-11H,12-13H2,(H,20,24)(H,22,23). The number of carbonyl (C=O) groups is 1. The highest BCUT2D eigenvalue weighted by atomic mass is 32.2. The van der Waals surface area contributed by atoms with Gasteiger partial charge in [0, 0.05) is 23.1 Å². The number of hydrogen-bond acceptors (Lipinski definition) is 4. The number of anilines is 1. The summed E-state index contributed by atoms with van der Waals surface area (Å²) in [4.78, 5) is 23.0. The van der Waals surface area contributed by atoms with Crippen molar-refractivity contribution in [2.75, 3.05) is 11.1 Å². The topological polar surface area (TPSA) is 74.8 Å². The van der Waals surface area contributed by atoms with Gasteiger partial charge in [0.2, 0.25) is 0 Å². The summed E-state index contributed by atoms with van der Waals surface area (Å²) in [6.07, 6.45) is 0.857. The first-order chi connectivity index (χ1) is 12.2. The number of benzene rings is 2. The van der Waals surface area contributed by atoms with Crippen LogP contribution in [0.2, 0.25) is 0 Å². The first-order valence-corrected chi connectivity index (χ1v) is 8.83. The molecule has 6 heteroatoms. The molecule has 0 radical (unpaired) electrons. The number of carbonyl (C=O) groups excluding carboxylic acids is 1. The Balaban J connectivity index is 1.51. The van der Waals surface area contributed by atoms with Crippen LogP contribution in [-0.4, -0.2) is 21.2 Å². The number of nitrogens with zero attached hydrogens (tertiary/aromatic N) is 1. The number of aromatic amines is 1. The molecule has 1 amide bonds. The van der Waals surface area contributed by atoms with Crippen molar-refractivity contribution in [3.63, 3.8) is 0 Å². The highest BCUT2D eigenvalue weighted by molar-refractivity contribution is 8.13. The van der Waals surface area contributed by atoms with Gasteiger partial charge in [-0.3, -0.25) is 9.59 Å².